The number of morpholine rings is 1. The number of hydrogen-bond donors (Lipinski definition) is 3. The van der Waals surface area contributed by atoms with Crippen molar-refractivity contribution in [1.82, 2.24) is 35.7 Å². The van der Waals surface area contributed by atoms with E-state index in [4.69, 9.17) is 9.72 Å². The van der Waals surface area contributed by atoms with E-state index in [1.54, 1.807) is 10.8 Å². The number of rotatable bonds is 6. The fourth-order valence-electron chi connectivity index (χ4n) is 5.93. The lowest BCUT2D eigenvalue weighted by Crippen LogP contribution is -2.56. The van der Waals surface area contributed by atoms with Crippen molar-refractivity contribution in [3.63, 3.8) is 0 Å². The molecule has 0 aliphatic carbocycles. The SMILES string of the molecule is CC(C)[C@@H]1NC(=O)c2csc(n2)[C@H](Cc2ccccc2)NC(=O)CN(CC(C)(C)N2CCOCC2)CCCNC(=O)c2csc1n2. The van der Waals surface area contributed by atoms with Crippen LogP contribution in [0.25, 0.3) is 0 Å². The third-order valence-electron chi connectivity index (χ3n) is 8.43. The van der Waals surface area contributed by atoms with Gasteiger partial charge in [0.2, 0.25) is 5.91 Å². The van der Waals surface area contributed by atoms with Gasteiger partial charge in [-0.3, -0.25) is 24.2 Å². The molecule has 4 heterocycles. The fraction of sp³-hybridized carbons (Fsp3) is 0.545. The average molecular weight is 668 g/mol. The molecule has 3 aromatic rings. The number of benzene rings is 1. The van der Waals surface area contributed by atoms with E-state index in [1.807, 2.05) is 44.2 Å². The number of nitrogens with one attached hydrogen (secondary N) is 3. The summed E-state index contributed by atoms with van der Waals surface area (Å²) in [5, 5.41) is 14.1. The smallest absolute Gasteiger partial charge is 0.271 e. The number of amides is 3. The van der Waals surface area contributed by atoms with Crippen molar-refractivity contribution >= 4 is 40.4 Å². The molecular formula is C33H45N7O4S2. The number of thiazole rings is 2. The van der Waals surface area contributed by atoms with Gasteiger partial charge in [-0.1, -0.05) is 44.2 Å². The highest BCUT2D eigenvalue weighted by atomic mass is 32.1. The molecule has 1 saturated heterocycles. The summed E-state index contributed by atoms with van der Waals surface area (Å²) in [4.78, 5) is 54.1. The average Bonchev–Trinajstić information content (AvgIpc) is 3.73. The van der Waals surface area contributed by atoms with E-state index in [0.717, 1.165) is 18.7 Å². The van der Waals surface area contributed by atoms with E-state index in [9.17, 15) is 14.4 Å². The van der Waals surface area contributed by atoms with Crippen LogP contribution in [0.4, 0.5) is 0 Å². The maximum Gasteiger partial charge on any atom is 0.271 e. The summed E-state index contributed by atoms with van der Waals surface area (Å²) in [5.74, 6) is -0.644. The highest BCUT2D eigenvalue weighted by Crippen LogP contribution is 2.27. The summed E-state index contributed by atoms with van der Waals surface area (Å²) in [7, 11) is 0. The first-order valence-corrected chi connectivity index (χ1v) is 17.7. The van der Waals surface area contributed by atoms with Gasteiger partial charge in [0, 0.05) is 49.0 Å². The lowest BCUT2D eigenvalue weighted by atomic mass is 10.0. The van der Waals surface area contributed by atoms with Gasteiger partial charge in [-0.2, -0.15) is 0 Å². The molecule has 2 aliphatic rings. The highest BCUT2D eigenvalue weighted by molar-refractivity contribution is 7.10. The molecule has 0 spiro atoms. The van der Waals surface area contributed by atoms with Crippen molar-refractivity contribution in [3.8, 4) is 0 Å². The van der Waals surface area contributed by atoms with Crippen LogP contribution in [-0.2, 0) is 16.0 Å². The van der Waals surface area contributed by atoms with Gasteiger partial charge >= 0.3 is 0 Å². The summed E-state index contributed by atoms with van der Waals surface area (Å²) >= 11 is 2.73. The molecule has 3 N–H and O–H groups in total. The maximum atomic E-state index is 13.7. The second kappa shape index (κ2) is 15.6. The van der Waals surface area contributed by atoms with Crippen LogP contribution in [0.5, 0.6) is 0 Å². The first kappa shape index (κ1) is 34.1. The second-order valence-electron chi connectivity index (χ2n) is 12.9. The normalized spacial score (nSPS) is 21.5. The third kappa shape index (κ3) is 8.97. The van der Waals surface area contributed by atoms with Crippen LogP contribution in [0.2, 0.25) is 0 Å². The Labute approximate surface area is 279 Å². The van der Waals surface area contributed by atoms with Crippen LogP contribution in [0.3, 0.4) is 0 Å². The van der Waals surface area contributed by atoms with Crippen LogP contribution in [-0.4, -0.2) is 95.5 Å². The topological polar surface area (TPSA) is 129 Å². The number of aromatic nitrogens is 2. The molecule has 1 aromatic carbocycles. The molecule has 0 radical (unpaired) electrons. The van der Waals surface area contributed by atoms with Crippen LogP contribution in [0, 0.1) is 5.92 Å². The molecule has 248 valence electrons. The lowest BCUT2D eigenvalue weighted by Gasteiger charge is -2.43. The molecule has 2 atom stereocenters. The summed E-state index contributed by atoms with van der Waals surface area (Å²) in [6.45, 7) is 13.4. The van der Waals surface area contributed by atoms with E-state index in [2.05, 4.69) is 44.6 Å². The molecule has 11 nitrogen and oxygen atoms in total. The van der Waals surface area contributed by atoms with Gasteiger partial charge in [-0.05, 0) is 38.2 Å². The zero-order valence-electron chi connectivity index (χ0n) is 27.1. The molecule has 5 rings (SSSR count). The van der Waals surface area contributed by atoms with Crippen molar-refractivity contribution in [3.05, 3.63) is 68.1 Å². The van der Waals surface area contributed by atoms with Gasteiger partial charge in [-0.25, -0.2) is 9.97 Å². The summed E-state index contributed by atoms with van der Waals surface area (Å²) in [6.07, 6.45) is 1.21. The van der Waals surface area contributed by atoms with Crippen molar-refractivity contribution in [2.45, 2.75) is 58.2 Å². The number of nitrogens with zero attached hydrogens (tertiary/aromatic N) is 4. The Balaban J connectivity index is 1.43. The summed E-state index contributed by atoms with van der Waals surface area (Å²) < 4.78 is 5.58. The third-order valence-corrected chi connectivity index (χ3v) is 10.3. The molecule has 0 saturated carbocycles. The molecule has 2 aromatic heterocycles. The minimum atomic E-state index is -0.403. The first-order valence-electron chi connectivity index (χ1n) is 16.0. The molecule has 13 heteroatoms. The van der Waals surface area contributed by atoms with Gasteiger partial charge < -0.3 is 20.7 Å². The van der Waals surface area contributed by atoms with Crippen LogP contribution >= 0.6 is 22.7 Å². The monoisotopic (exact) mass is 667 g/mol. The minimum absolute atomic E-state index is 0.0380. The Hall–Kier alpha value is -3.23. The van der Waals surface area contributed by atoms with Crippen molar-refractivity contribution in [2.75, 3.05) is 52.5 Å². The number of fused-ring (bicyclic) bond motifs is 4. The predicted octanol–water partition coefficient (Wildman–Crippen LogP) is 3.67. The van der Waals surface area contributed by atoms with Gasteiger partial charge in [0.05, 0.1) is 31.8 Å². The molecule has 1 fully saturated rings. The van der Waals surface area contributed by atoms with Crippen LogP contribution < -0.4 is 16.0 Å². The van der Waals surface area contributed by atoms with E-state index in [1.165, 1.54) is 22.7 Å². The zero-order valence-corrected chi connectivity index (χ0v) is 28.7. The van der Waals surface area contributed by atoms with E-state index < -0.39 is 6.04 Å². The second-order valence-corrected chi connectivity index (χ2v) is 14.7. The zero-order chi connectivity index (χ0) is 32.7. The Kier molecular flexibility index (Phi) is 11.5. The predicted molar refractivity (Wildman–Crippen MR) is 180 cm³/mol. The van der Waals surface area contributed by atoms with Gasteiger partial charge in [0.25, 0.3) is 11.8 Å². The largest absolute Gasteiger partial charge is 0.379 e. The molecule has 3 amide bonds. The van der Waals surface area contributed by atoms with Gasteiger partial charge in [0.15, 0.2) is 0 Å². The van der Waals surface area contributed by atoms with Gasteiger partial charge in [0.1, 0.15) is 21.4 Å². The quantitative estimate of drug-likeness (QED) is 0.364. The van der Waals surface area contributed by atoms with E-state index in [-0.39, 0.29) is 41.8 Å². The molecular weight excluding hydrogens is 623 g/mol. The highest BCUT2D eigenvalue weighted by Gasteiger charge is 2.32. The fourth-order valence-corrected chi connectivity index (χ4v) is 7.80. The number of hydrogen-bond acceptors (Lipinski definition) is 10. The molecule has 2 aliphatic heterocycles. The van der Waals surface area contributed by atoms with Gasteiger partial charge in [-0.15, -0.1) is 22.7 Å². The minimum Gasteiger partial charge on any atom is -0.379 e. The maximum absolute atomic E-state index is 13.7. The van der Waals surface area contributed by atoms with Crippen LogP contribution in [0.15, 0.2) is 41.1 Å². The lowest BCUT2D eigenvalue weighted by molar-refractivity contribution is -0.123. The number of ether oxygens (including phenoxy) is 1. The molecule has 46 heavy (non-hydrogen) atoms. The Morgan fingerprint density at radius 1 is 0.935 bits per heavy atom. The number of carbonyl (C=O) groups excluding carboxylic acids is 3. The standard InChI is InChI=1S/C33H45N7O4S2/c1-22(2)28-32-37-25(19-46-32)29(42)34-11-8-12-39(21-33(3,4)40-13-15-44-16-14-40)18-27(41)35-24(17-23-9-6-5-7-10-23)31-36-26(20-45-31)30(43)38-28/h5-7,9-10,19-20,22,24,28H,8,11-18,21H2,1-4H3,(H,34,42)(H,35,41)(H,38,43)/t24-,28-/m0/s1. The molecule has 0 unspecified atom stereocenters. The van der Waals surface area contributed by atoms with Crippen molar-refractivity contribution in [1.29, 1.82) is 0 Å². The first-order chi connectivity index (χ1) is 22.1. The Morgan fingerprint density at radius 3 is 2.33 bits per heavy atom. The Morgan fingerprint density at radius 2 is 1.61 bits per heavy atom. The van der Waals surface area contributed by atoms with Crippen molar-refractivity contribution in [2.24, 2.45) is 5.92 Å². The Bertz CT molecular complexity index is 1470. The number of carbonyl (C=O) groups is 3. The summed E-state index contributed by atoms with van der Waals surface area (Å²) in [5.41, 5.74) is 1.50. The van der Waals surface area contributed by atoms with E-state index in [0.29, 0.717) is 67.1 Å². The molecule has 4 bridgehead atoms. The van der Waals surface area contributed by atoms with Crippen molar-refractivity contribution < 1.29 is 19.1 Å². The van der Waals surface area contributed by atoms with E-state index >= 15 is 0 Å². The van der Waals surface area contributed by atoms with Crippen LogP contribution in [0.1, 0.15) is 82.8 Å². The summed E-state index contributed by atoms with van der Waals surface area (Å²) in [6, 6.07) is 9.20.